The van der Waals surface area contributed by atoms with Gasteiger partial charge in [-0.25, -0.2) is 0 Å². The van der Waals surface area contributed by atoms with Gasteiger partial charge in [-0.2, -0.15) is 0 Å². The highest BCUT2D eigenvalue weighted by atomic mass is 28.4. The largest absolute Gasteiger partial charge is 0.468 e. The van der Waals surface area contributed by atoms with E-state index in [0.29, 0.717) is 26.3 Å². The fraction of sp³-hybridized carbons (Fsp3) is 0.889. The van der Waals surface area contributed by atoms with Crippen molar-refractivity contribution in [1.29, 1.82) is 0 Å². The predicted molar refractivity (Wildman–Crippen MR) is 56.3 cm³/mol. The predicted octanol–water partition coefficient (Wildman–Crippen LogP) is 1.69. The molecule has 0 N–H and O–H groups in total. The van der Waals surface area contributed by atoms with Crippen molar-refractivity contribution in [3.05, 3.63) is 0 Å². The normalized spacial score (nSPS) is 11.4. The summed E-state index contributed by atoms with van der Waals surface area (Å²) in [7, 11) is -2.00. The smallest absolute Gasteiger partial charge is 0.335 e. The van der Waals surface area contributed by atoms with Gasteiger partial charge in [-0.1, -0.05) is 0 Å². The number of ether oxygens (including phenoxy) is 1. The minimum Gasteiger partial charge on any atom is -0.468 e. The van der Waals surface area contributed by atoms with E-state index < -0.39 is 8.56 Å². The zero-order valence-corrected chi connectivity index (χ0v) is 10.2. The second-order valence-corrected chi connectivity index (χ2v) is 6.42. The summed E-state index contributed by atoms with van der Waals surface area (Å²) in [5.41, 5.74) is 0. The first kappa shape index (κ1) is 13.6. The van der Waals surface area contributed by atoms with Crippen LogP contribution in [0.2, 0.25) is 12.6 Å². The summed E-state index contributed by atoms with van der Waals surface area (Å²) in [4.78, 5) is 9.91. The second kappa shape index (κ2) is 7.96. The highest BCUT2D eigenvalue weighted by Gasteiger charge is 2.29. The Kier molecular flexibility index (Phi) is 7.74. The summed E-state index contributed by atoms with van der Waals surface area (Å²) in [6, 6.07) is 0.864. The van der Waals surface area contributed by atoms with E-state index in [-0.39, 0.29) is 0 Å². The Morgan fingerprint density at radius 2 is 1.79 bits per heavy atom. The molecule has 0 saturated carbocycles. The summed E-state index contributed by atoms with van der Waals surface area (Å²) in [6.45, 7) is 8.25. The minimum absolute atomic E-state index is 0.451. The lowest BCUT2D eigenvalue weighted by Crippen LogP contribution is -2.38. The maximum absolute atomic E-state index is 9.91. The molecule has 0 radical (unpaired) electrons. The Labute approximate surface area is 86.8 Å². The lowest BCUT2D eigenvalue weighted by molar-refractivity contribution is -0.128. The molecule has 0 heterocycles. The number of hydrogen-bond acceptors (Lipinski definition) is 4. The molecule has 0 atom stereocenters. The van der Waals surface area contributed by atoms with Crippen LogP contribution in [0.1, 0.15) is 20.3 Å². The molecule has 0 aromatic heterocycles. The molecule has 0 fully saturated rings. The van der Waals surface area contributed by atoms with Gasteiger partial charge in [-0.3, -0.25) is 4.79 Å². The van der Waals surface area contributed by atoms with Crippen molar-refractivity contribution in [3.8, 4) is 0 Å². The van der Waals surface area contributed by atoms with Gasteiger partial charge in [-0.05, 0) is 32.9 Å². The van der Waals surface area contributed by atoms with Crippen LogP contribution in [0, 0.1) is 0 Å². The Morgan fingerprint density at radius 3 is 2.21 bits per heavy atom. The molecule has 0 unspecified atom stereocenters. The van der Waals surface area contributed by atoms with Crippen LogP contribution in [0.5, 0.6) is 0 Å². The van der Waals surface area contributed by atoms with Gasteiger partial charge in [-0.15, -0.1) is 0 Å². The third-order valence-corrected chi connectivity index (χ3v) is 4.92. The Balaban J connectivity index is 3.76. The highest BCUT2D eigenvalue weighted by molar-refractivity contribution is 6.66. The van der Waals surface area contributed by atoms with Gasteiger partial charge < -0.3 is 13.6 Å². The van der Waals surface area contributed by atoms with E-state index in [1.165, 1.54) is 0 Å². The van der Waals surface area contributed by atoms with E-state index in [0.717, 1.165) is 12.5 Å². The topological polar surface area (TPSA) is 44.8 Å². The first-order valence-corrected chi connectivity index (χ1v) is 7.54. The van der Waals surface area contributed by atoms with Crippen LogP contribution in [0.25, 0.3) is 0 Å². The van der Waals surface area contributed by atoms with Gasteiger partial charge in [0, 0.05) is 13.2 Å². The van der Waals surface area contributed by atoms with Crippen molar-refractivity contribution in [2.75, 3.05) is 19.8 Å². The fourth-order valence-electron chi connectivity index (χ4n) is 1.32. The van der Waals surface area contributed by atoms with Crippen molar-refractivity contribution in [2.45, 2.75) is 32.9 Å². The third-order valence-electron chi connectivity index (χ3n) is 1.86. The quantitative estimate of drug-likeness (QED) is 0.337. The zero-order chi connectivity index (χ0) is 10.9. The van der Waals surface area contributed by atoms with Crippen LogP contribution in [-0.4, -0.2) is 34.9 Å². The molecule has 0 amide bonds. The first-order valence-electron chi connectivity index (χ1n) is 5.01. The Hall–Kier alpha value is -0.393. The third kappa shape index (κ3) is 6.12. The summed E-state index contributed by atoms with van der Waals surface area (Å²) in [6.07, 6.45) is 0.807. The molecule has 0 bridgehead atoms. The van der Waals surface area contributed by atoms with Crippen molar-refractivity contribution in [3.63, 3.8) is 0 Å². The molecule has 4 nitrogen and oxygen atoms in total. The minimum atomic E-state index is -2.00. The van der Waals surface area contributed by atoms with E-state index in [2.05, 4.69) is 4.74 Å². The Bertz CT molecular complexity index is 146. The van der Waals surface area contributed by atoms with Gasteiger partial charge in [0.15, 0.2) is 0 Å². The summed E-state index contributed by atoms with van der Waals surface area (Å²) < 4.78 is 15.9. The molecule has 0 aliphatic rings. The standard InChI is InChI=1S/C9H20O4Si/c1-4-12-14(3,13-5-2)8-6-7-11-9-10/h9H,4-8H2,1-3H3. The van der Waals surface area contributed by atoms with Crippen molar-refractivity contribution in [1.82, 2.24) is 0 Å². The number of carbonyl (C=O) groups excluding carboxylic acids is 1. The molecule has 5 heteroatoms. The van der Waals surface area contributed by atoms with Gasteiger partial charge in [0.25, 0.3) is 6.47 Å². The van der Waals surface area contributed by atoms with Gasteiger partial charge in [0.1, 0.15) is 0 Å². The summed E-state index contributed by atoms with van der Waals surface area (Å²) in [5, 5.41) is 0. The lowest BCUT2D eigenvalue weighted by Gasteiger charge is -2.25. The van der Waals surface area contributed by atoms with Crippen LogP contribution in [0.3, 0.4) is 0 Å². The SMILES string of the molecule is CCO[Si](C)(CCCOC=O)OCC. The zero-order valence-electron chi connectivity index (χ0n) is 9.25. The summed E-state index contributed by atoms with van der Waals surface area (Å²) >= 11 is 0. The first-order chi connectivity index (χ1) is 6.68. The molecule has 84 valence electrons. The Morgan fingerprint density at radius 1 is 1.21 bits per heavy atom. The van der Waals surface area contributed by atoms with E-state index >= 15 is 0 Å². The van der Waals surface area contributed by atoms with Crippen molar-refractivity contribution < 1.29 is 18.4 Å². The van der Waals surface area contributed by atoms with Crippen molar-refractivity contribution in [2.24, 2.45) is 0 Å². The number of hydrogen-bond donors (Lipinski definition) is 0. The molecule has 0 aliphatic carbocycles. The van der Waals surface area contributed by atoms with Crippen LogP contribution in [0.4, 0.5) is 0 Å². The highest BCUT2D eigenvalue weighted by Crippen LogP contribution is 2.15. The van der Waals surface area contributed by atoms with Gasteiger partial charge in [0.05, 0.1) is 6.61 Å². The second-order valence-electron chi connectivity index (χ2n) is 3.07. The number of rotatable bonds is 9. The molecular formula is C9H20O4Si. The molecular weight excluding hydrogens is 200 g/mol. The maximum atomic E-state index is 9.91. The van der Waals surface area contributed by atoms with E-state index in [1.54, 1.807) is 0 Å². The monoisotopic (exact) mass is 220 g/mol. The average molecular weight is 220 g/mol. The van der Waals surface area contributed by atoms with E-state index in [9.17, 15) is 4.79 Å². The van der Waals surface area contributed by atoms with Gasteiger partial charge >= 0.3 is 8.56 Å². The molecule has 0 saturated heterocycles. The van der Waals surface area contributed by atoms with Gasteiger partial charge in [0.2, 0.25) is 0 Å². The molecule has 0 aliphatic heterocycles. The molecule has 0 rings (SSSR count). The average Bonchev–Trinajstić information content (AvgIpc) is 2.13. The fourth-order valence-corrected chi connectivity index (χ4v) is 3.70. The van der Waals surface area contributed by atoms with Crippen LogP contribution < -0.4 is 0 Å². The van der Waals surface area contributed by atoms with E-state index in [4.69, 9.17) is 8.85 Å². The number of carbonyl (C=O) groups is 1. The molecule has 0 spiro atoms. The van der Waals surface area contributed by atoms with Crippen molar-refractivity contribution >= 4 is 15.0 Å². The molecule has 0 aromatic rings. The van der Waals surface area contributed by atoms with E-state index in [1.807, 2.05) is 20.4 Å². The van der Waals surface area contributed by atoms with Crippen LogP contribution in [0.15, 0.2) is 0 Å². The van der Waals surface area contributed by atoms with Crippen LogP contribution in [-0.2, 0) is 18.4 Å². The summed E-state index contributed by atoms with van der Waals surface area (Å²) in [5.74, 6) is 0. The molecule has 0 aromatic carbocycles. The lowest BCUT2D eigenvalue weighted by atomic mass is 10.5. The maximum Gasteiger partial charge on any atom is 0.335 e. The van der Waals surface area contributed by atoms with Crippen LogP contribution >= 0.6 is 0 Å². The molecule has 14 heavy (non-hydrogen) atoms.